The standard InChI is InChI=1S/C24H22F2N4O3/c25-20-8-5-17(11-21(20)26)19(24(33)30-13-16-3-9-22(27)28-12-16)14-29-23(32)10-4-15-1-6-18(31)7-2-15/h1-12,19,31H,13-14H2,(H2,27,28)(H,29,32)(H,30,33)/b10-4+/t19-/m0/s1. The summed E-state index contributed by atoms with van der Waals surface area (Å²) in [5.41, 5.74) is 7.15. The van der Waals surface area contributed by atoms with Crippen molar-refractivity contribution in [1.82, 2.24) is 15.6 Å². The number of carbonyl (C=O) groups is 2. The van der Waals surface area contributed by atoms with Crippen molar-refractivity contribution in [1.29, 1.82) is 0 Å². The van der Waals surface area contributed by atoms with Crippen molar-refractivity contribution in [3.63, 3.8) is 0 Å². The molecule has 7 nitrogen and oxygen atoms in total. The Labute approximate surface area is 189 Å². The van der Waals surface area contributed by atoms with Crippen molar-refractivity contribution in [2.75, 3.05) is 12.3 Å². The maximum Gasteiger partial charge on any atom is 0.244 e. The SMILES string of the molecule is Nc1ccc(CNC(=O)[C@@H](CNC(=O)/C=C/c2ccc(O)cc2)c2ccc(F)c(F)c2)cn1. The summed E-state index contributed by atoms with van der Waals surface area (Å²) in [5, 5.41) is 14.6. The van der Waals surface area contributed by atoms with Crippen LogP contribution in [0.15, 0.2) is 66.9 Å². The Hall–Kier alpha value is -4.27. The van der Waals surface area contributed by atoms with E-state index in [0.29, 0.717) is 16.9 Å². The van der Waals surface area contributed by atoms with E-state index >= 15 is 0 Å². The Bertz CT molecular complexity index is 1150. The normalized spacial score (nSPS) is 11.8. The highest BCUT2D eigenvalue weighted by molar-refractivity contribution is 5.92. The van der Waals surface area contributed by atoms with E-state index in [-0.39, 0.29) is 24.4 Å². The molecular formula is C24H22F2N4O3. The molecule has 0 spiro atoms. The predicted octanol–water partition coefficient (Wildman–Crippen LogP) is 2.88. The smallest absolute Gasteiger partial charge is 0.244 e. The molecule has 0 fully saturated rings. The van der Waals surface area contributed by atoms with E-state index in [1.807, 2.05) is 0 Å². The van der Waals surface area contributed by atoms with Gasteiger partial charge in [0.1, 0.15) is 11.6 Å². The molecule has 0 bridgehead atoms. The van der Waals surface area contributed by atoms with E-state index in [1.54, 1.807) is 24.3 Å². The first-order valence-corrected chi connectivity index (χ1v) is 10.00. The fourth-order valence-electron chi connectivity index (χ4n) is 2.96. The van der Waals surface area contributed by atoms with Crippen molar-refractivity contribution < 1.29 is 23.5 Å². The minimum atomic E-state index is -1.09. The number of halogens is 2. The Balaban J connectivity index is 1.68. The van der Waals surface area contributed by atoms with E-state index in [0.717, 1.165) is 12.1 Å². The average molecular weight is 452 g/mol. The van der Waals surface area contributed by atoms with Crippen LogP contribution in [0.1, 0.15) is 22.6 Å². The van der Waals surface area contributed by atoms with Gasteiger partial charge in [0.2, 0.25) is 11.8 Å². The van der Waals surface area contributed by atoms with Gasteiger partial charge in [0, 0.05) is 25.4 Å². The Morgan fingerprint density at radius 2 is 1.79 bits per heavy atom. The molecule has 1 atom stereocenters. The molecule has 3 aromatic rings. The van der Waals surface area contributed by atoms with Crippen molar-refractivity contribution in [3.05, 3.63) is 95.2 Å². The third kappa shape index (κ3) is 6.86. The van der Waals surface area contributed by atoms with Crippen LogP contribution >= 0.6 is 0 Å². The monoisotopic (exact) mass is 452 g/mol. The Kier molecular flexibility index (Phi) is 7.69. The molecule has 33 heavy (non-hydrogen) atoms. The lowest BCUT2D eigenvalue weighted by Gasteiger charge is -2.18. The van der Waals surface area contributed by atoms with Gasteiger partial charge < -0.3 is 21.5 Å². The number of nitrogen functional groups attached to an aromatic ring is 1. The summed E-state index contributed by atoms with van der Waals surface area (Å²) in [6.45, 7) is -0.00334. The van der Waals surface area contributed by atoms with Gasteiger partial charge >= 0.3 is 0 Å². The van der Waals surface area contributed by atoms with Crippen LogP contribution in [0.2, 0.25) is 0 Å². The van der Waals surface area contributed by atoms with E-state index in [2.05, 4.69) is 15.6 Å². The van der Waals surface area contributed by atoms with Gasteiger partial charge in [-0.05, 0) is 53.1 Å². The maximum absolute atomic E-state index is 13.8. The summed E-state index contributed by atoms with van der Waals surface area (Å²) in [5.74, 6) is -3.61. The quantitative estimate of drug-likeness (QED) is 0.392. The predicted molar refractivity (Wildman–Crippen MR) is 120 cm³/mol. The number of rotatable bonds is 8. The molecule has 0 radical (unpaired) electrons. The highest BCUT2D eigenvalue weighted by atomic mass is 19.2. The van der Waals surface area contributed by atoms with Crippen molar-refractivity contribution in [2.45, 2.75) is 12.5 Å². The van der Waals surface area contributed by atoms with E-state index < -0.39 is 29.4 Å². The summed E-state index contributed by atoms with van der Waals surface area (Å²) >= 11 is 0. The number of phenols is 1. The third-order valence-corrected chi connectivity index (χ3v) is 4.78. The molecule has 1 heterocycles. The number of nitrogens with one attached hydrogen (secondary N) is 2. The summed E-state index contributed by atoms with van der Waals surface area (Å²) in [7, 11) is 0. The molecule has 5 N–H and O–H groups in total. The first-order valence-electron chi connectivity index (χ1n) is 10.00. The molecule has 0 saturated carbocycles. The number of phenolic OH excluding ortho intramolecular Hbond substituents is 1. The lowest BCUT2D eigenvalue weighted by molar-refractivity contribution is -0.123. The van der Waals surface area contributed by atoms with Gasteiger partial charge in [-0.15, -0.1) is 0 Å². The van der Waals surface area contributed by atoms with Crippen LogP contribution < -0.4 is 16.4 Å². The first-order chi connectivity index (χ1) is 15.8. The zero-order chi connectivity index (χ0) is 23.8. The first kappa shape index (κ1) is 23.4. The topological polar surface area (TPSA) is 117 Å². The fraction of sp³-hybridized carbons (Fsp3) is 0.125. The van der Waals surface area contributed by atoms with Crippen molar-refractivity contribution in [3.8, 4) is 5.75 Å². The number of hydrogen-bond donors (Lipinski definition) is 4. The fourth-order valence-corrected chi connectivity index (χ4v) is 2.96. The molecule has 2 aromatic carbocycles. The van der Waals surface area contributed by atoms with Crippen LogP contribution in [0.4, 0.5) is 14.6 Å². The molecule has 3 rings (SSSR count). The van der Waals surface area contributed by atoms with E-state index in [4.69, 9.17) is 5.73 Å². The number of amides is 2. The number of hydrogen-bond acceptors (Lipinski definition) is 5. The Morgan fingerprint density at radius 3 is 2.45 bits per heavy atom. The maximum atomic E-state index is 13.8. The summed E-state index contributed by atoms with van der Waals surface area (Å²) in [4.78, 5) is 29.0. The lowest BCUT2D eigenvalue weighted by Crippen LogP contribution is -2.37. The number of nitrogens with two attached hydrogens (primary N) is 1. The number of carbonyl (C=O) groups excluding carboxylic acids is 2. The van der Waals surface area contributed by atoms with Gasteiger partial charge in [0.25, 0.3) is 0 Å². The largest absolute Gasteiger partial charge is 0.508 e. The van der Waals surface area contributed by atoms with Crippen LogP contribution in [0.3, 0.4) is 0 Å². The van der Waals surface area contributed by atoms with Crippen LogP contribution in [0.5, 0.6) is 5.75 Å². The number of aromatic hydroxyl groups is 1. The van der Waals surface area contributed by atoms with Gasteiger partial charge in [-0.3, -0.25) is 9.59 Å². The average Bonchev–Trinajstić information content (AvgIpc) is 2.80. The lowest BCUT2D eigenvalue weighted by atomic mass is 9.97. The molecule has 0 aliphatic heterocycles. The Morgan fingerprint density at radius 1 is 1.03 bits per heavy atom. The highest BCUT2D eigenvalue weighted by Gasteiger charge is 2.22. The number of benzene rings is 2. The van der Waals surface area contributed by atoms with E-state index in [1.165, 1.54) is 36.5 Å². The highest BCUT2D eigenvalue weighted by Crippen LogP contribution is 2.19. The molecular weight excluding hydrogens is 430 g/mol. The van der Waals surface area contributed by atoms with Gasteiger partial charge in [0.05, 0.1) is 5.92 Å². The second-order valence-corrected chi connectivity index (χ2v) is 7.21. The summed E-state index contributed by atoms with van der Waals surface area (Å²) < 4.78 is 27.2. The molecule has 1 aromatic heterocycles. The molecule has 0 aliphatic rings. The van der Waals surface area contributed by atoms with Crippen molar-refractivity contribution in [2.24, 2.45) is 0 Å². The zero-order valence-corrected chi connectivity index (χ0v) is 17.5. The summed E-state index contributed by atoms with van der Waals surface area (Å²) in [6, 6.07) is 12.7. The molecule has 170 valence electrons. The zero-order valence-electron chi connectivity index (χ0n) is 17.5. The van der Waals surface area contributed by atoms with Crippen LogP contribution in [0, 0.1) is 11.6 Å². The number of nitrogens with zero attached hydrogens (tertiary/aromatic N) is 1. The van der Waals surface area contributed by atoms with Crippen LogP contribution in [-0.4, -0.2) is 28.4 Å². The van der Waals surface area contributed by atoms with Crippen molar-refractivity contribution >= 4 is 23.7 Å². The summed E-state index contributed by atoms with van der Waals surface area (Å²) in [6.07, 6.45) is 4.32. The number of anilines is 1. The third-order valence-electron chi connectivity index (χ3n) is 4.78. The van der Waals surface area contributed by atoms with Gasteiger partial charge in [0.15, 0.2) is 11.6 Å². The van der Waals surface area contributed by atoms with Crippen LogP contribution in [0.25, 0.3) is 6.08 Å². The molecule has 0 saturated heterocycles. The van der Waals surface area contributed by atoms with Crippen LogP contribution in [-0.2, 0) is 16.1 Å². The minimum absolute atomic E-state index is 0.103. The van der Waals surface area contributed by atoms with Gasteiger partial charge in [-0.25, -0.2) is 13.8 Å². The molecule has 0 aliphatic carbocycles. The molecule has 2 amide bonds. The van der Waals surface area contributed by atoms with Gasteiger partial charge in [-0.2, -0.15) is 0 Å². The minimum Gasteiger partial charge on any atom is -0.508 e. The molecule has 9 heteroatoms. The van der Waals surface area contributed by atoms with E-state index in [9.17, 15) is 23.5 Å². The second kappa shape index (κ2) is 10.9. The number of aromatic nitrogens is 1. The number of pyridine rings is 1. The second-order valence-electron chi connectivity index (χ2n) is 7.21. The molecule has 0 unspecified atom stereocenters. The van der Waals surface area contributed by atoms with Gasteiger partial charge in [-0.1, -0.05) is 24.3 Å².